The maximum absolute atomic E-state index is 14.0. The second-order valence-corrected chi connectivity index (χ2v) is 9.27. The minimum atomic E-state index is -0.485. The van der Waals surface area contributed by atoms with Crippen molar-refractivity contribution in [2.75, 3.05) is 44.7 Å². The average Bonchev–Trinajstić information content (AvgIpc) is 3.18. The molecule has 0 spiro atoms. The molecule has 0 aliphatic carbocycles. The molecule has 8 nitrogen and oxygen atoms in total. The van der Waals surface area contributed by atoms with Gasteiger partial charge in [-0.2, -0.15) is 0 Å². The molecule has 3 heterocycles. The second kappa shape index (κ2) is 11.9. The Morgan fingerprint density at radius 1 is 1.31 bits per heavy atom. The van der Waals surface area contributed by atoms with Crippen molar-refractivity contribution in [3.05, 3.63) is 24.1 Å². The van der Waals surface area contributed by atoms with E-state index in [-0.39, 0.29) is 41.9 Å². The van der Waals surface area contributed by atoms with Crippen molar-refractivity contribution in [3.63, 3.8) is 0 Å². The number of anilines is 1. The van der Waals surface area contributed by atoms with E-state index in [1.807, 2.05) is 25.7 Å². The van der Waals surface area contributed by atoms with Gasteiger partial charge in [-0.3, -0.25) is 4.99 Å². The molecule has 0 radical (unpaired) electrons. The second-order valence-electron chi connectivity index (χ2n) is 9.27. The van der Waals surface area contributed by atoms with Gasteiger partial charge in [-0.1, -0.05) is 0 Å². The summed E-state index contributed by atoms with van der Waals surface area (Å²) in [6, 6.07) is 3.21. The lowest BCUT2D eigenvalue weighted by Crippen LogP contribution is -2.49. The van der Waals surface area contributed by atoms with Crippen LogP contribution in [0.1, 0.15) is 40.0 Å². The van der Waals surface area contributed by atoms with E-state index in [0.29, 0.717) is 24.8 Å². The molecule has 10 heteroatoms. The van der Waals surface area contributed by atoms with Crippen LogP contribution >= 0.6 is 24.0 Å². The Labute approximate surface area is 207 Å². The van der Waals surface area contributed by atoms with Crippen molar-refractivity contribution in [3.8, 4) is 0 Å². The molecule has 2 fully saturated rings. The van der Waals surface area contributed by atoms with Gasteiger partial charge in [0.25, 0.3) is 0 Å². The maximum atomic E-state index is 14.0. The van der Waals surface area contributed by atoms with Gasteiger partial charge < -0.3 is 25.2 Å². The number of hydrogen-bond acceptors (Lipinski definition) is 5. The van der Waals surface area contributed by atoms with E-state index in [4.69, 9.17) is 4.74 Å². The highest BCUT2D eigenvalue weighted by Crippen LogP contribution is 2.21. The quantitative estimate of drug-likeness (QED) is 0.333. The molecule has 1 aromatic rings. The molecule has 0 aromatic carbocycles. The molecular weight excluding hydrogens is 526 g/mol. The SMILES string of the molecule is CN=C(NCC1CCCN(C(=O)OC(C)(C)C)C1)NC1CCN(c2ncccc2F)C1.I. The number of hydrogen-bond donors (Lipinski definition) is 2. The van der Waals surface area contributed by atoms with Crippen LogP contribution in [0.15, 0.2) is 23.3 Å². The van der Waals surface area contributed by atoms with Crippen LogP contribution < -0.4 is 15.5 Å². The first-order valence-electron chi connectivity index (χ1n) is 11.1. The Bertz CT molecular complexity index is 788. The normalized spacial score (nSPS) is 21.7. The number of carbonyl (C=O) groups is 1. The van der Waals surface area contributed by atoms with Gasteiger partial charge in [0, 0.05) is 52.0 Å². The lowest BCUT2D eigenvalue weighted by molar-refractivity contribution is 0.0168. The first kappa shape index (κ1) is 26.4. The van der Waals surface area contributed by atoms with Gasteiger partial charge in [-0.15, -0.1) is 24.0 Å². The summed E-state index contributed by atoms with van der Waals surface area (Å²) >= 11 is 0. The van der Waals surface area contributed by atoms with Crippen LogP contribution in [0.25, 0.3) is 0 Å². The van der Waals surface area contributed by atoms with E-state index in [9.17, 15) is 9.18 Å². The first-order chi connectivity index (χ1) is 14.7. The number of nitrogens with zero attached hydrogens (tertiary/aromatic N) is 4. The zero-order chi connectivity index (χ0) is 22.4. The fourth-order valence-corrected chi connectivity index (χ4v) is 4.03. The van der Waals surface area contributed by atoms with Gasteiger partial charge in [-0.05, 0) is 58.1 Å². The highest BCUT2D eigenvalue weighted by molar-refractivity contribution is 14.0. The first-order valence-corrected chi connectivity index (χ1v) is 11.1. The van der Waals surface area contributed by atoms with Crippen molar-refractivity contribution in [1.82, 2.24) is 20.5 Å². The Balaban J connectivity index is 0.00000363. The molecule has 2 N–H and O–H groups in total. The zero-order valence-electron chi connectivity index (χ0n) is 19.4. The van der Waals surface area contributed by atoms with E-state index in [1.54, 1.807) is 24.2 Å². The number of piperidine rings is 1. The van der Waals surface area contributed by atoms with Crippen molar-refractivity contribution in [1.29, 1.82) is 0 Å². The van der Waals surface area contributed by atoms with E-state index in [2.05, 4.69) is 20.6 Å². The number of pyridine rings is 1. The van der Waals surface area contributed by atoms with Gasteiger partial charge in [-0.25, -0.2) is 14.2 Å². The summed E-state index contributed by atoms with van der Waals surface area (Å²) in [5.74, 6) is 1.17. The van der Waals surface area contributed by atoms with Crippen LogP contribution in [-0.2, 0) is 4.74 Å². The van der Waals surface area contributed by atoms with Crippen LogP contribution in [0.2, 0.25) is 0 Å². The minimum absolute atomic E-state index is 0. The highest BCUT2D eigenvalue weighted by atomic mass is 127. The van der Waals surface area contributed by atoms with E-state index >= 15 is 0 Å². The lowest BCUT2D eigenvalue weighted by atomic mass is 9.98. The van der Waals surface area contributed by atoms with E-state index < -0.39 is 5.60 Å². The number of aliphatic imine (C=N–C) groups is 1. The Kier molecular flexibility index (Phi) is 9.78. The number of amides is 1. The standard InChI is InChI=1S/C22H35FN6O2.HI/c1-22(2,3)31-21(30)29-11-6-7-16(14-29)13-26-20(24-4)27-17-9-12-28(15-17)19-18(23)8-5-10-25-19;/h5,8,10,16-17H,6-7,9,11-15H2,1-4H3,(H2,24,26,27);1H. The summed E-state index contributed by atoms with van der Waals surface area (Å²) in [6.07, 6.45) is 4.27. The van der Waals surface area contributed by atoms with Crippen molar-refractivity contribution >= 4 is 41.8 Å². The molecule has 0 bridgehead atoms. The molecule has 1 amide bonds. The van der Waals surface area contributed by atoms with Crippen LogP contribution in [0.4, 0.5) is 15.0 Å². The third kappa shape index (κ3) is 7.63. The van der Waals surface area contributed by atoms with E-state index in [0.717, 1.165) is 44.9 Å². The molecule has 2 aliphatic heterocycles. The van der Waals surface area contributed by atoms with Crippen molar-refractivity contribution in [2.45, 2.75) is 51.7 Å². The third-order valence-corrected chi connectivity index (χ3v) is 5.52. The van der Waals surface area contributed by atoms with Crippen LogP contribution in [-0.4, -0.2) is 73.4 Å². The Morgan fingerprint density at radius 3 is 2.78 bits per heavy atom. The number of ether oxygens (including phenoxy) is 1. The number of halogens is 2. The van der Waals surface area contributed by atoms with Gasteiger partial charge >= 0.3 is 6.09 Å². The predicted molar refractivity (Wildman–Crippen MR) is 135 cm³/mol. The Hall–Kier alpha value is -1.85. The molecule has 2 aliphatic rings. The summed E-state index contributed by atoms with van der Waals surface area (Å²) in [5, 5.41) is 6.82. The number of guanidine groups is 1. The molecule has 32 heavy (non-hydrogen) atoms. The van der Waals surface area contributed by atoms with Crippen molar-refractivity contribution in [2.24, 2.45) is 10.9 Å². The number of nitrogens with one attached hydrogen (secondary N) is 2. The number of likely N-dealkylation sites (tertiary alicyclic amines) is 1. The molecule has 3 rings (SSSR count). The van der Waals surface area contributed by atoms with E-state index in [1.165, 1.54) is 6.07 Å². The third-order valence-electron chi connectivity index (χ3n) is 5.52. The largest absolute Gasteiger partial charge is 0.444 e. The highest BCUT2D eigenvalue weighted by Gasteiger charge is 2.29. The zero-order valence-corrected chi connectivity index (χ0v) is 21.8. The van der Waals surface area contributed by atoms with Gasteiger partial charge in [0.1, 0.15) is 5.60 Å². The van der Waals surface area contributed by atoms with Crippen LogP contribution in [0, 0.1) is 11.7 Å². The number of aromatic nitrogens is 1. The number of carbonyl (C=O) groups excluding carboxylic acids is 1. The van der Waals surface area contributed by atoms with Gasteiger partial charge in [0.05, 0.1) is 0 Å². The molecule has 2 saturated heterocycles. The van der Waals surface area contributed by atoms with Gasteiger partial charge in [0.15, 0.2) is 17.6 Å². The monoisotopic (exact) mass is 562 g/mol. The predicted octanol–water partition coefficient (Wildman–Crippen LogP) is 3.23. The van der Waals surface area contributed by atoms with Crippen LogP contribution in [0.3, 0.4) is 0 Å². The fourth-order valence-electron chi connectivity index (χ4n) is 4.03. The average molecular weight is 562 g/mol. The summed E-state index contributed by atoms with van der Waals surface area (Å²) in [5.41, 5.74) is -0.485. The minimum Gasteiger partial charge on any atom is -0.444 e. The maximum Gasteiger partial charge on any atom is 0.410 e. The molecule has 180 valence electrons. The summed E-state index contributed by atoms with van der Waals surface area (Å²) in [6.45, 7) is 9.21. The molecular formula is C22H36FIN6O2. The topological polar surface area (TPSA) is 82.1 Å². The summed E-state index contributed by atoms with van der Waals surface area (Å²) in [4.78, 5) is 24.6. The molecule has 0 saturated carbocycles. The van der Waals surface area contributed by atoms with Crippen LogP contribution in [0.5, 0.6) is 0 Å². The van der Waals surface area contributed by atoms with Crippen molar-refractivity contribution < 1.29 is 13.9 Å². The molecule has 2 unspecified atom stereocenters. The van der Waals surface area contributed by atoms with Gasteiger partial charge in [0.2, 0.25) is 0 Å². The molecule has 1 aromatic heterocycles. The lowest BCUT2D eigenvalue weighted by Gasteiger charge is -2.34. The Morgan fingerprint density at radius 2 is 2.09 bits per heavy atom. The summed E-state index contributed by atoms with van der Waals surface area (Å²) < 4.78 is 19.5. The summed E-state index contributed by atoms with van der Waals surface area (Å²) in [7, 11) is 1.74. The number of rotatable bonds is 4. The smallest absolute Gasteiger partial charge is 0.410 e. The fraction of sp³-hybridized carbons (Fsp3) is 0.682. The molecule has 2 atom stereocenters.